The summed E-state index contributed by atoms with van der Waals surface area (Å²) >= 11 is 0. The second-order valence-electron chi connectivity index (χ2n) is 2.06. The standard InChI is InChI=1S/C8H8N2O2/c9-8(11)12-10-6-7-4-2-1-3-5-7/h1-6H,(H2,9,11). The van der Waals surface area contributed by atoms with Crippen LogP contribution in [0.15, 0.2) is 35.5 Å². The summed E-state index contributed by atoms with van der Waals surface area (Å²) in [6.07, 6.45) is 0.493. The van der Waals surface area contributed by atoms with Gasteiger partial charge in [-0.2, -0.15) is 0 Å². The molecule has 0 spiro atoms. The number of benzene rings is 1. The molecule has 0 radical (unpaired) electrons. The number of nitrogens with zero attached hydrogens (tertiary/aromatic N) is 1. The summed E-state index contributed by atoms with van der Waals surface area (Å²) in [5.41, 5.74) is 5.53. The van der Waals surface area contributed by atoms with E-state index in [9.17, 15) is 4.79 Å². The van der Waals surface area contributed by atoms with Crippen molar-refractivity contribution in [2.24, 2.45) is 10.9 Å². The molecular formula is C8H8N2O2. The van der Waals surface area contributed by atoms with Gasteiger partial charge in [0.2, 0.25) is 0 Å². The van der Waals surface area contributed by atoms with Crippen LogP contribution in [0.5, 0.6) is 0 Å². The number of carbonyl (C=O) groups is 1. The molecule has 0 aliphatic rings. The van der Waals surface area contributed by atoms with Crippen LogP contribution in [0.25, 0.3) is 0 Å². The molecule has 2 N–H and O–H groups in total. The van der Waals surface area contributed by atoms with Gasteiger partial charge in [-0.1, -0.05) is 35.5 Å². The molecule has 0 bridgehead atoms. The lowest BCUT2D eigenvalue weighted by Crippen LogP contribution is -2.09. The first-order valence-corrected chi connectivity index (χ1v) is 3.34. The summed E-state index contributed by atoms with van der Waals surface area (Å²) in [6.45, 7) is 0. The first-order chi connectivity index (χ1) is 5.79. The second-order valence-corrected chi connectivity index (χ2v) is 2.06. The van der Waals surface area contributed by atoms with Crippen molar-refractivity contribution in [3.05, 3.63) is 35.9 Å². The molecule has 1 aromatic rings. The van der Waals surface area contributed by atoms with Crippen molar-refractivity contribution in [2.75, 3.05) is 0 Å². The van der Waals surface area contributed by atoms with Gasteiger partial charge in [-0.25, -0.2) is 4.79 Å². The highest BCUT2D eigenvalue weighted by atomic mass is 16.7. The van der Waals surface area contributed by atoms with E-state index in [2.05, 4.69) is 15.7 Å². The van der Waals surface area contributed by atoms with E-state index in [0.29, 0.717) is 0 Å². The molecule has 1 rings (SSSR count). The largest absolute Gasteiger partial charge is 0.430 e. The molecule has 0 unspecified atom stereocenters. The molecule has 12 heavy (non-hydrogen) atoms. The maximum atomic E-state index is 10.1. The van der Waals surface area contributed by atoms with Gasteiger partial charge in [0, 0.05) is 0 Å². The van der Waals surface area contributed by atoms with Crippen molar-refractivity contribution < 1.29 is 9.63 Å². The molecule has 4 heteroatoms. The van der Waals surface area contributed by atoms with E-state index < -0.39 is 6.09 Å². The monoisotopic (exact) mass is 164 g/mol. The minimum absolute atomic E-state index is 0.846. The van der Waals surface area contributed by atoms with E-state index in [0.717, 1.165) is 5.56 Å². The quantitative estimate of drug-likeness (QED) is 0.404. The van der Waals surface area contributed by atoms with Crippen LogP contribution in [0.1, 0.15) is 5.56 Å². The number of primary amides is 1. The van der Waals surface area contributed by atoms with Crippen molar-refractivity contribution >= 4 is 12.3 Å². The Bertz CT molecular complexity index is 282. The average Bonchev–Trinajstić information content (AvgIpc) is 2.05. The minimum atomic E-state index is -0.915. The Morgan fingerprint density at radius 2 is 2.08 bits per heavy atom. The highest BCUT2D eigenvalue weighted by Gasteiger charge is 1.87. The van der Waals surface area contributed by atoms with E-state index in [1.165, 1.54) is 6.21 Å². The molecule has 0 aliphatic heterocycles. The van der Waals surface area contributed by atoms with Crippen LogP contribution in [0.2, 0.25) is 0 Å². The number of hydrogen-bond acceptors (Lipinski definition) is 3. The zero-order valence-electron chi connectivity index (χ0n) is 6.31. The summed E-state index contributed by atoms with van der Waals surface area (Å²) in [4.78, 5) is 14.2. The molecule has 0 aromatic heterocycles. The number of hydrogen-bond donors (Lipinski definition) is 1. The third kappa shape index (κ3) is 2.83. The predicted octanol–water partition coefficient (Wildman–Crippen LogP) is 1.12. The van der Waals surface area contributed by atoms with Crippen LogP contribution >= 0.6 is 0 Å². The zero-order chi connectivity index (χ0) is 8.81. The maximum Gasteiger partial charge on any atom is 0.430 e. The molecule has 0 saturated heterocycles. The lowest BCUT2D eigenvalue weighted by Gasteiger charge is -1.89. The van der Waals surface area contributed by atoms with Crippen molar-refractivity contribution in [3.63, 3.8) is 0 Å². The third-order valence-electron chi connectivity index (χ3n) is 1.14. The molecule has 1 amide bonds. The summed E-state index contributed by atoms with van der Waals surface area (Å²) in [7, 11) is 0. The van der Waals surface area contributed by atoms with Crippen molar-refractivity contribution in [1.29, 1.82) is 0 Å². The Balaban J connectivity index is 2.52. The molecule has 1 aromatic carbocycles. The van der Waals surface area contributed by atoms with Crippen LogP contribution in [0.4, 0.5) is 4.79 Å². The fourth-order valence-corrected chi connectivity index (χ4v) is 0.678. The lowest BCUT2D eigenvalue weighted by molar-refractivity contribution is 0.162. The summed E-state index contributed by atoms with van der Waals surface area (Å²) in [6, 6.07) is 9.24. The van der Waals surface area contributed by atoms with Gasteiger partial charge < -0.3 is 5.73 Å². The van der Waals surface area contributed by atoms with E-state index >= 15 is 0 Å². The molecule has 0 fully saturated rings. The number of rotatable bonds is 2. The van der Waals surface area contributed by atoms with E-state index in [1.54, 1.807) is 0 Å². The topological polar surface area (TPSA) is 64.7 Å². The van der Waals surface area contributed by atoms with Crippen LogP contribution in [0.3, 0.4) is 0 Å². The van der Waals surface area contributed by atoms with Crippen LogP contribution in [-0.4, -0.2) is 12.3 Å². The molecule has 0 saturated carbocycles. The second kappa shape index (κ2) is 4.12. The molecular weight excluding hydrogens is 156 g/mol. The van der Waals surface area contributed by atoms with Gasteiger partial charge in [0.25, 0.3) is 0 Å². The van der Waals surface area contributed by atoms with Gasteiger partial charge >= 0.3 is 6.09 Å². The normalized spacial score (nSPS) is 10.0. The molecule has 62 valence electrons. The number of oxime groups is 1. The first kappa shape index (κ1) is 8.26. The van der Waals surface area contributed by atoms with E-state index in [1.807, 2.05) is 30.3 Å². The average molecular weight is 164 g/mol. The van der Waals surface area contributed by atoms with Gasteiger partial charge in [-0.05, 0) is 5.56 Å². The summed E-state index contributed by atoms with van der Waals surface area (Å²) in [5.74, 6) is 0. The maximum absolute atomic E-state index is 10.1. The highest BCUT2D eigenvalue weighted by Crippen LogP contribution is 1.93. The summed E-state index contributed by atoms with van der Waals surface area (Å²) < 4.78 is 0. The Hall–Kier alpha value is -1.84. The zero-order valence-corrected chi connectivity index (χ0v) is 6.31. The van der Waals surface area contributed by atoms with Gasteiger partial charge in [0.15, 0.2) is 0 Å². The van der Waals surface area contributed by atoms with E-state index in [4.69, 9.17) is 0 Å². The Morgan fingerprint density at radius 3 is 2.67 bits per heavy atom. The van der Waals surface area contributed by atoms with Gasteiger partial charge in [0.1, 0.15) is 0 Å². The minimum Gasteiger partial charge on any atom is -0.333 e. The number of amides is 1. The highest BCUT2D eigenvalue weighted by molar-refractivity contribution is 5.79. The molecule has 0 heterocycles. The SMILES string of the molecule is NC(=O)ON=Cc1ccccc1. The Morgan fingerprint density at radius 1 is 1.42 bits per heavy atom. The smallest absolute Gasteiger partial charge is 0.333 e. The lowest BCUT2D eigenvalue weighted by atomic mass is 10.2. The van der Waals surface area contributed by atoms with Crippen LogP contribution in [-0.2, 0) is 4.84 Å². The third-order valence-corrected chi connectivity index (χ3v) is 1.14. The summed E-state index contributed by atoms with van der Waals surface area (Å²) in [5, 5.41) is 3.34. The Labute approximate surface area is 69.6 Å². The molecule has 4 nitrogen and oxygen atoms in total. The van der Waals surface area contributed by atoms with Gasteiger partial charge in [0.05, 0.1) is 6.21 Å². The van der Waals surface area contributed by atoms with Crippen molar-refractivity contribution in [2.45, 2.75) is 0 Å². The van der Waals surface area contributed by atoms with Gasteiger partial charge in [-0.3, -0.25) is 4.84 Å². The fourth-order valence-electron chi connectivity index (χ4n) is 0.678. The Kier molecular flexibility index (Phi) is 2.84. The van der Waals surface area contributed by atoms with Crippen LogP contribution < -0.4 is 5.73 Å². The van der Waals surface area contributed by atoms with Crippen molar-refractivity contribution in [1.82, 2.24) is 0 Å². The molecule has 0 atom stereocenters. The molecule has 0 aliphatic carbocycles. The van der Waals surface area contributed by atoms with Crippen LogP contribution in [0, 0.1) is 0 Å². The number of nitrogens with two attached hydrogens (primary N) is 1. The van der Waals surface area contributed by atoms with Gasteiger partial charge in [-0.15, -0.1) is 0 Å². The van der Waals surface area contributed by atoms with Crippen molar-refractivity contribution in [3.8, 4) is 0 Å². The predicted molar refractivity (Wildman–Crippen MR) is 44.7 cm³/mol. The van der Waals surface area contributed by atoms with E-state index in [-0.39, 0.29) is 0 Å². The first-order valence-electron chi connectivity index (χ1n) is 3.34. The fraction of sp³-hybridized carbons (Fsp3) is 0. The number of carbonyl (C=O) groups excluding carboxylic acids is 1.